The first-order valence-corrected chi connectivity index (χ1v) is 8.15. The lowest BCUT2D eigenvalue weighted by Crippen LogP contribution is -2.12. The Labute approximate surface area is 151 Å². The molecule has 0 aliphatic rings. The average Bonchev–Trinajstić information content (AvgIpc) is 3.15. The van der Waals surface area contributed by atoms with Gasteiger partial charge in [-0.05, 0) is 24.3 Å². The van der Waals surface area contributed by atoms with Gasteiger partial charge in [-0.2, -0.15) is 0 Å². The lowest BCUT2D eigenvalue weighted by Gasteiger charge is -2.08. The second-order valence-electron chi connectivity index (χ2n) is 4.96. The number of hydrogen-bond donors (Lipinski definition) is 2. The standard InChI is InChI=1S/C17H12FN5O2S/c1-2-15(24)23-12-7-10(3-4-11(12)18)22-16(25)14-9-21-17(26-14)13-8-19-5-6-20-13/h2-9H,1H2,(H,22,25)(H,23,24). The van der Waals surface area contributed by atoms with Crippen LogP contribution in [0.4, 0.5) is 15.8 Å². The van der Waals surface area contributed by atoms with Crippen LogP contribution >= 0.6 is 11.3 Å². The first-order valence-electron chi connectivity index (χ1n) is 7.33. The van der Waals surface area contributed by atoms with Crippen LogP contribution in [0.15, 0.2) is 55.6 Å². The molecule has 2 aromatic heterocycles. The Hall–Kier alpha value is -3.46. The third-order valence-electron chi connectivity index (χ3n) is 3.18. The number of benzene rings is 1. The highest BCUT2D eigenvalue weighted by atomic mass is 32.1. The normalized spacial score (nSPS) is 10.2. The molecule has 3 rings (SSSR count). The second kappa shape index (κ2) is 7.62. The van der Waals surface area contributed by atoms with Crippen LogP contribution in [0.1, 0.15) is 9.67 Å². The van der Waals surface area contributed by atoms with Crippen molar-refractivity contribution in [1.82, 2.24) is 15.0 Å². The number of hydrogen-bond acceptors (Lipinski definition) is 6. The number of nitrogens with zero attached hydrogens (tertiary/aromatic N) is 3. The number of thiazole rings is 1. The average molecular weight is 369 g/mol. The summed E-state index contributed by atoms with van der Waals surface area (Å²) in [6.07, 6.45) is 7.08. The van der Waals surface area contributed by atoms with Gasteiger partial charge in [0.25, 0.3) is 5.91 Å². The monoisotopic (exact) mass is 369 g/mol. The van der Waals surface area contributed by atoms with Crippen molar-refractivity contribution in [3.8, 4) is 10.7 Å². The molecule has 26 heavy (non-hydrogen) atoms. The Kier molecular flexibility index (Phi) is 5.09. The summed E-state index contributed by atoms with van der Waals surface area (Å²) in [7, 11) is 0. The van der Waals surface area contributed by atoms with Crippen LogP contribution in [-0.2, 0) is 4.79 Å². The van der Waals surface area contributed by atoms with E-state index in [1.54, 1.807) is 12.4 Å². The van der Waals surface area contributed by atoms with Crippen molar-refractivity contribution in [1.29, 1.82) is 0 Å². The van der Waals surface area contributed by atoms with Gasteiger partial charge in [0.15, 0.2) is 0 Å². The molecule has 0 aliphatic heterocycles. The quantitative estimate of drug-likeness (QED) is 0.674. The van der Waals surface area contributed by atoms with Gasteiger partial charge < -0.3 is 10.6 Å². The molecule has 0 aliphatic carbocycles. The highest BCUT2D eigenvalue weighted by Gasteiger charge is 2.14. The van der Waals surface area contributed by atoms with Gasteiger partial charge in [0.2, 0.25) is 5.91 Å². The third kappa shape index (κ3) is 3.95. The summed E-state index contributed by atoms with van der Waals surface area (Å²) in [6.45, 7) is 3.30. The van der Waals surface area contributed by atoms with Crippen LogP contribution in [0.25, 0.3) is 10.7 Å². The van der Waals surface area contributed by atoms with E-state index in [9.17, 15) is 14.0 Å². The van der Waals surface area contributed by atoms with Gasteiger partial charge in [0.1, 0.15) is 21.4 Å². The van der Waals surface area contributed by atoms with Gasteiger partial charge in [0.05, 0.1) is 18.1 Å². The summed E-state index contributed by atoms with van der Waals surface area (Å²) in [6, 6.07) is 3.85. The van der Waals surface area contributed by atoms with Crippen molar-refractivity contribution in [2.75, 3.05) is 10.6 Å². The summed E-state index contributed by atoms with van der Waals surface area (Å²) in [4.78, 5) is 36.3. The summed E-state index contributed by atoms with van der Waals surface area (Å²) in [5.41, 5.74) is 0.829. The fourth-order valence-electron chi connectivity index (χ4n) is 1.98. The number of aromatic nitrogens is 3. The number of halogens is 1. The SMILES string of the molecule is C=CC(=O)Nc1cc(NC(=O)c2cnc(-c3cnccn3)s2)ccc1F. The topological polar surface area (TPSA) is 96.9 Å². The predicted molar refractivity (Wildman–Crippen MR) is 96.3 cm³/mol. The molecule has 1 aromatic carbocycles. The van der Waals surface area contributed by atoms with E-state index >= 15 is 0 Å². The lowest BCUT2D eigenvalue weighted by atomic mass is 10.2. The van der Waals surface area contributed by atoms with E-state index in [4.69, 9.17) is 0 Å². The molecule has 7 nitrogen and oxygen atoms in total. The van der Waals surface area contributed by atoms with E-state index in [0.717, 1.165) is 23.5 Å². The maximum Gasteiger partial charge on any atom is 0.267 e. The van der Waals surface area contributed by atoms with Crippen LogP contribution in [0, 0.1) is 5.82 Å². The maximum absolute atomic E-state index is 13.7. The number of rotatable bonds is 5. The van der Waals surface area contributed by atoms with Crippen LogP contribution in [0.2, 0.25) is 0 Å². The van der Waals surface area contributed by atoms with Crippen molar-refractivity contribution < 1.29 is 14.0 Å². The molecular formula is C17H12FN5O2S. The summed E-state index contributed by atoms with van der Waals surface area (Å²) in [5.74, 6) is -1.59. The first-order chi connectivity index (χ1) is 12.6. The number of nitrogens with one attached hydrogen (secondary N) is 2. The zero-order valence-corrected chi connectivity index (χ0v) is 14.1. The molecule has 0 saturated heterocycles. The third-order valence-corrected chi connectivity index (χ3v) is 4.20. The predicted octanol–water partition coefficient (Wildman–Crippen LogP) is 3.12. The Bertz CT molecular complexity index is 974. The maximum atomic E-state index is 13.7. The Morgan fingerprint density at radius 2 is 2.00 bits per heavy atom. The van der Waals surface area contributed by atoms with E-state index in [1.165, 1.54) is 24.5 Å². The molecule has 9 heteroatoms. The fraction of sp³-hybridized carbons (Fsp3) is 0. The number of amides is 2. The molecule has 0 atom stereocenters. The molecule has 0 unspecified atom stereocenters. The zero-order valence-electron chi connectivity index (χ0n) is 13.3. The van der Waals surface area contributed by atoms with Gasteiger partial charge >= 0.3 is 0 Å². The van der Waals surface area contributed by atoms with Gasteiger partial charge in [0, 0.05) is 18.1 Å². The Balaban J connectivity index is 1.76. The summed E-state index contributed by atoms with van der Waals surface area (Å²) >= 11 is 1.15. The van der Waals surface area contributed by atoms with Gasteiger partial charge in [-0.15, -0.1) is 11.3 Å². The van der Waals surface area contributed by atoms with E-state index in [2.05, 4.69) is 32.2 Å². The van der Waals surface area contributed by atoms with Gasteiger partial charge in [-0.3, -0.25) is 19.6 Å². The highest BCUT2D eigenvalue weighted by Crippen LogP contribution is 2.24. The molecule has 0 spiro atoms. The summed E-state index contributed by atoms with van der Waals surface area (Å²) in [5, 5.41) is 5.52. The minimum atomic E-state index is -0.624. The molecule has 3 aromatic rings. The van der Waals surface area contributed by atoms with Crippen LogP contribution in [0.5, 0.6) is 0 Å². The molecule has 0 radical (unpaired) electrons. The highest BCUT2D eigenvalue weighted by molar-refractivity contribution is 7.17. The van der Waals surface area contributed by atoms with Crippen molar-refractivity contribution in [3.05, 3.63) is 66.3 Å². The molecule has 0 bridgehead atoms. The minimum Gasteiger partial charge on any atom is -0.321 e. The van der Waals surface area contributed by atoms with E-state index in [-0.39, 0.29) is 5.69 Å². The smallest absolute Gasteiger partial charge is 0.267 e. The molecule has 2 heterocycles. The zero-order chi connectivity index (χ0) is 18.5. The molecular weight excluding hydrogens is 357 g/mol. The number of carbonyl (C=O) groups is 2. The second-order valence-corrected chi connectivity index (χ2v) is 5.99. The largest absolute Gasteiger partial charge is 0.321 e. The van der Waals surface area contributed by atoms with Gasteiger partial charge in [-0.25, -0.2) is 9.37 Å². The van der Waals surface area contributed by atoms with Crippen molar-refractivity contribution >= 4 is 34.5 Å². The Morgan fingerprint density at radius 3 is 2.73 bits per heavy atom. The summed E-state index contributed by atoms with van der Waals surface area (Å²) < 4.78 is 13.7. The fourth-order valence-corrected chi connectivity index (χ4v) is 2.76. The van der Waals surface area contributed by atoms with Crippen molar-refractivity contribution in [2.45, 2.75) is 0 Å². The molecule has 0 fully saturated rings. The van der Waals surface area contributed by atoms with Crippen molar-refractivity contribution in [2.24, 2.45) is 0 Å². The van der Waals surface area contributed by atoms with Gasteiger partial charge in [-0.1, -0.05) is 6.58 Å². The van der Waals surface area contributed by atoms with E-state index in [1.807, 2.05) is 0 Å². The van der Waals surface area contributed by atoms with Crippen LogP contribution < -0.4 is 10.6 Å². The van der Waals surface area contributed by atoms with Crippen LogP contribution in [-0.4, -0.2) is 26.8 Å². The molecule has 130 valence electrons. The van der Waals surface area contributed by atoms with E-state index < -0.39 is 17.6 Å². The lowest BCUT2D eigenvalue weighted by molar-refractivity contribution is -0.111. The number of carbonyl (C=O) groups excluding carboxylic acids is 2. The molecule has 2 N–H and O–H groups in total. The van der Waals surface area contributed by atoms with Crippen molar-refractivity contribution in [3.63, 3.8) is 0 Å². The molecule has 0 saturated carbocycles. The van der Waals surface area contributed by atoms with Crippen LogP contribution in [0.3, 0.4) is 0 Å². The van der Waals surface area contributed by atoms with E-state index in [0.29, 0.717) is 21.3 Å². The number of anilines is 2. The Morgan fingerprint density at radius 1 is 1.15 bits per heavy atom. The minimum absolute atomic E-state index is 0.0581. The molecule has 2 amide bonds. The first kappa shape index (κ1) is 17.4.